The number of aromatic nitrogens is 4. The predicted molar refractivity (Wildman–Crippen MR) is 247 cm³/mol. The molecule has 16 heteroatoms. The Morgan fingerprint density at radius 1 is 0.730 bits per heavy atom. The maximum absolute atomic E-state index is 14.8. The lowest BCUT2D eigenvalue weighted by molar-refractivity contribution is 0.00977. The Morgan fingerprint density at radius 3 is 1.79 bits per heavy atom. The molecule has 2 atom stereocenters. The Kier molecular flexibility index (Phi) is 16.1. The van der Waals surface area contributed by atoms with E-state index in [-0.39, 0.29) is 18.0 Å². The van der Waals surface area contributed by atoms with Gasteiger partial charge < -0.3 is 33.9 Å². The second-order valence-electron chi connectivity index (χ2n) is 16.6. The molecule has 0 aliphatic carbocycles. The van der Waals surface area contributed by atoms with Crippen LogP contribution in [-0.4, -0.2) is 102 Å². The van der Waals surface area contributed by atoms with Crippen LogP contribution in [0.1, 0.15) is 59.3 Å². The summed E-state index contributed by atoms with van der Waals surface area (Å²) in [4.78, 5) is 14.1. The number of nitrogens with zero attached hydrogens (tertiary/aromatic N) is 3. The van der Waals surface area contributed by atoms with Crippen molar-refractivity contribution in [1.82, 2.24) is 30.6 Å². The van der Waals surface area contributed by atoms with Crippen LogP contribution in [0.15, 0.2) is 81.7 Å². The number of aromatic amines is 2. The maximum atomic E-state index is 14.8. The molecule has 12 nitrogen and oxygen atoms in total. The first-order valence-electron chi connectivity index (χ1n) is 21.4. The first-order chi connectivity index (χ1) is 30.4. The third-order valence-corrected chi connectivity index (χ3v) is 11.6. The summed E-state index contributed by atoms with van der Waals surface area (Å²) in [5.74, 6) is 0.234. The third-order valence-electron chi connectivity index (χ3n) is 10.6. The van der Waals surface area contributed by atoms with Crippen LogP contribution in [0.4, 0.5) is 13.6 Å². The van der Waals surface area contributed by atoms with E-state index in [1.165, 1.54) is 25.0 Å². The van der Waals surface area contributed by atoms with Crippen molar-refractivity contribution < 1.29 is 37.3 Å². The van der Waals surface area contributed by atoms with Crippen molar-refractivity contribution in [3.63, 3.8) is 0 Å². The van der Waals surface area contributed by atoms with Gasteiger partial charge in [-0.1, -0.05) is 31.9 Å². The second kappa shape index (κ2) is 21.8. The molecule has 2 aliphatic heterocycles. The minimum atomic E-state index is -0.510. The number of carbonyl (C=O) groups is 1. The van der Waals surface area contributed by atoms with E-state index in [9.17, 15) is 13.6 Å². The summed E-state index contributed by atoms with van der Waals surface area (Å²) in [6.45, 7) is 10.6. The summed E-state index contributed by atoms with van der Waals surface area (Å²) >= 11 is 6.86. The molecule has 4 aromatic carbocycles. The Bertz CT molecular complexity index is 2450. The van der Waals surface area contributed by atoms with E-state index in [0.29, 0.717) is 86.1 Å². The quantitative estimate of drug-likeness (QED) is 0.0810. The molecule has 0 radical (unpaired) electrons. The van der Waals surface area contributed by atoms with E-state index < -0.39 is 11.4 Å². The van der Waals surface area contributed by atoms with Gasteiger partial charge >= 0.3 is 6.09 Å². The highest BCUT2D eigenvalue weighted by molar-refractivity contribution is 9.10. The number of nitrogens with one attached hydrogen (secondary N) is 3. The van der Waals surface area contributed by atoms with Gasteiger partial charge in [0.25, 0.3) is 0 Å². The zero-order chi connectivity index (χ0) is 44.3. The molecule has 3 N–H and O–H groups in total. The van der Waals surface area contributed by atoms with Crippen LogP contribution in [-0.2, 0) is 14.2 Å². The van der Waals surface area contributed by atoms with Gasteiger partial charge in [-0.15, -0.1) is 0 Å². The molecular formula is C47H54Br2F2N6O6. The van der Waals surface area contributed by atoms with Gasteiger partial charge in [0.15, 0.2) is 0 Å². The van der Waals surface area contributed by atoms with Crippen LogP contribution in [0.25, 0.3) is 44.3 Å². The van der Waals surface area contributed by atoms with Crippen LogP contribution < -0.4 is 14.8 Å². The van der Waals surface area contributed by atoms with Gasteiger partial charge in [-0.2, -0.15) is 10.2 Å². The zero-order valence-electron chi connectivity index (χ0n) is 35.8. The fourth-order valence-electron chi connectivity index (χ4n) is 7.57. The van der Waals surface area contributed by atoms with Crippen molar-refractivity contribution in [3.8, 4) is 34.0 Å². The highest BCUT2D eigenvalue weighted by atomic mass is 79.9. The van der Waals surface area contributed by atoms with E-state index in [1.807, 2.05) is 57.2 Å². The molecule has 2 aromatic heterocycles. The molecule has 0 saturated carbocycles. The molecule has 0 bridgehead atoms. The normalized spacial score (nSPS) is 16.4. The lowest BCUT2D eigenvalue weighted by Crippen LogP contribution is -2.41. The fourth-order valence-corrected chi connectivity index (χ4v) is 8.29. The second-order valence-corrected chi connectivity index (χ2v) is 18.5. The minimum Gasteiger partial charge on any atom is -0.493 e. The van der Waals surface area contributed by atoms with Gasteiger partial charge in [-0.3, -0.25) is 10.2 Å². The number of H-pyrrole nitrogens is 2. The van der Waals surface area contributed by atoms with Gasteiger partial charge in [0.1, 0.15) is 40.1 Å². The fraction of sp³-hybridized carbons (Fsp3) is 0.426. The molecule has 336 valence electrons. The molecule has 2 fully saturated rings. The Labute approximate surface area is 383 Å². The topological polar surface area (TPSA) is 136 Å². The van der Waals surface area contributed by atoms with Crippen LogP contribution >= 0.6 is 31.9 Å². The Morgan fingerprint density at radius 2 is 1.29 bits per heavy atom. The number of ether oxygens (including phenoxy) is 5. The molecule has 63 heavy (non-hydrogen) atoms. The SMILES string of the molecule is CC(C)(C)OC(=O)N1CCC[C@H]1COCCCOc1ccc(-c2n[nH]c3cc(Br)ccc23)c(F)c1.Fc1cc(OCCCOC[C@@H]2CCCN2)ccc1-c1n[nH]c2cc(Br)ccc12. The molecule has 6 aromatic rings. The first kappa shape index (κ1) is 46.4. The number of carbonyl (C=O) groups excluding carboxylic acids is 1. The first-order valence-corrected chi connectivity index (χ1v) is 23.0. The molecule has 2 aliphatic rings. The molecule has 1 amide bonds. The third kappa shape index (κ3) is 12.8. The van der Waals surface area contributed by atoms with Gasteiger partial charge in [-0.05, 0) is 114 Å². The number of rotatable bonds is 16. The number of fused-ring (bicyclic) bond motifs is 2. The van der Waals surface area contributed by atoms with Crippen molar-refractivity contribution in [3.05, 3.63) is 93.4 Å². The summed E-state index contributed by atoms with van der Waals surface area (Å²) in [6, 6.07) is 21.7. The average Bonchev–Trinajstić information content (AvgIpc) is 4.08. The number of likely N-dealkylation sites (tertiary alicyclic amines) is 1. The van der Waals surface area contributed by atoms with Gasteiger partial charge in [0, 0.05) is 81.6 Å². The number of hydrogen-bond donors (Lipinski definition) is 3. The van der Waals surface area contributed by atoms with Gasteiger partial charge in [-0.25, -0.2) is 13.6 Å². The van der Waals surface area contributed by atoms with E-state index in [2.05, 4.69) is 57.6 Å². The summed E-state index contributed by atoms with van der Waals surface area (Å²) in [5.41, 5.74) is 3.22. The lowest BCUT2D eigenvalue weighted by atomic mass is 10.1. The van der Waals surface area contributed by atoms with Crippen molar-refractivity contribution in [1.29, 1.82) is 0 Å². The van der Waals surface area contributed by atoms with Gasteiger partial charge in [0.05, 0.1) is 43.5 Å². The molecular weight excluding hydrogens is 942 g/mol. The standard InChI is InChI=1S/C26H31BrFN3O4.C21H23BrFN3O2/c1-26(2,3)35-25(32)31-11-4-6-18(31)16-33-12-5-13-34-19-8-10-20(22(28)15-19)24-21-9-7-17(27)14-23(21)29-30-24;22-14-4-6-18-20(11-14)25-26-21(18)17-7-5-16(12-19(17)23)28-10-2-9-27-13-15-3-1-8-24-15/h7-10,14-15,18H,4-6,11-13,16H2,1-3H3,(H,29,30);4-7,11-12,15,24H,1-3,8-10,13H2,(H,25,26)/t18-;15-/m00/s1. The summed E-state index contributed by atoms with van der Waals surface area (Å²) in [5, 5.41) is 19.6. The molecule has 0 unspecified atom stereocenters. The monoisotopic (exact) mass is 994 g/mol. The average molecular weight is 997 g/mol. The Balaban J connectivity index is 0.000000193. The smallest absolute Gasteiger partial charge is 0.410 e. The molecule has 2 saturated heterocycles. The Hall–Kier alpha value is -4.61. The van der Waals surface area contributed by atoms with Crippen molar-refractivity contribution >= 4 is 59.8 Å². The van der Waals surface area contributed by atoms with Crippen molar-refractivity contribution in [2.45, 2.75) is 77.0 Å². The maximum Gasteiger partial charge on any atom is 0.410 e. The lowest BCUT2D eigenvalue weighted by Gasteiger charge is -2.28. The molecule has 8 rings (SSSR count). The van der Waals surface area contributed by atoms with Crippen LogP contribution in [0.3, 0.4) is 0 Å². The van der Waals surface area contributed by atoms with Crippen LogP contribution in [0.2, 0.25) is 0 Å². The summed E-state index contributed by atoms with van der Waals surface area (Å²) in [7, 11) is 0. The molecule has 4 heterocycles. The van der Waals surface area contributed by atoms with Crippen molar-refractivity contribution in [2.75, 3.05) is 52.7 Å². The predicted octanol–water partition coefficient (Wildman–Crippen LogP) is 11.0. The highest BCUT2D eigenvalue weighted by Gasteiger charge is 2.32. The highest BCUT2D eigenvalue weighted by Crippen LogP contribution is 2.33. The van der Waals surface area contributed by atoms with E-state index in [4.69, 9.17) is 23.7 Å². The van der Waals surface area contributed by atoms with E-state index >= 15 is 0 Å². The summed E-state index contributed by atoms with van der Waals surface area (Å²) in [6.07, 6.45) is 5.41. The van der Waals surface area contributed by atoms with Crippen LogP contribution in [0.5, 0.6) is 11.5 Å². The van der Waals surface area contributed by atoms with Gasteiger partial charge in [0.2, 0.25) is 0 Å². The number of halogens is 4. The van der Waals surface area contributed by atoms with E-state index in [1.54, 1.807) is 29.2 Å². The largest absolute Gasteiger partial charge is 0.493 e. The zero-order valence-corrected chi connectivity index (χ0v) is 39.0. The molecule has 0 spiro atoms. The summed E-state index contributed by atoms with van der Waals surface area (Å²) < 4.78 is 59.7. The van der Waals surface area contributed by atoms with Crippen LogP contribution in [0, 0.1) is 11.6 Å². The van der Waals surface area contributed by atoms with Crippen molar-refractivity contribution in [2.24, 2.45) is 0 Å². The number of hydrogen-bond acceptors (Lipinski definition) is 9. The number of benzene rings is 4. The van der Waals surface area contributed by atoms with E-state index in [0.717, 1.165) is 63.2 Å². The number of amides is 1. The minimum absolute atomic E-state index is 0.0339.